The number of para-hydroxylation sites is 2. The molecule has 4 nitrogen and oxygen atoms in total. The molecule has 6 aromatic rings. The first-order chi connectivity index (χ1) is 13.3. The van der Waals surface area contributed by atoms with Crippen LogP contribution in [0.25, 0.3) is 50.1 Å². The van der Waals surface area contributed by atoms with Crippen molar-refractivity contribution in [1.29, 1.82) is 0 Å². The molecule has 0 atom stereocenters. The van der Waals surface area contributed by atoms with E-state index in [0.717, 1.165) is 48.8 Å². The minimum atomic E-state index is 0.565. The van der Waals surface area contributed by atoms with Crippen LogP contribution < -0.4 is 0 Å². The first-order valence-corrected chi connectivity index (χ1v) is 9.43. The zero-order valence-corrected chi connectivity index (χ0v) is 15.6. The number of aromatic nitrogens is 3. The fourth-order valence-corrected chi connectivity index (χ4v) is 4.11. The van der Waals surface area contributed by atoms with E-state index in [9.17, 15) is 0 Å². The average molecular weight is 414 g/mol. The van der Waals surface area contributed by atoms with Crippen LogP contribution in [0.1, 0.15) is 0 Å². The number of hydrogen-bond acceptors (Lipinski definition) is 3. The standard InChI is InChI=1S/C22H12BrN3O/c23-14-7-5-6-13(12-14)19-15-8-1-2-9-16(15)20-21(24-19)26-17-10-3-4-11-18(17)27-22(26)25-20/h1-12H. The second-order valence-electron chi connectivity index (χ2n) is 6.49. The van der Waals surface area contributed by atoms with Crippen molar-refractivity contribution in [3.05, 3.63) is 77.3 Å². The summed E-state index contributed by atoms with van der Waals surface area (Å²) in [5.41, 5.74) is 5.44. The van der Waals surface area contributed by atoms with Crippen molar-refractivity contribution in [3.63, 3.8) is 0 Å². The van der Waals surface area contributed by atoms with Gasteiger partial charge in [-0.3, -0.25) is 0 Å². The molecule has 0 aliphatic carbocycles. The zero-order valence-electron chi connectivity index (χ0n) is 14.1. The van der Waals surface area contributed by atoms with Crippen molar-refractivity contribution in [2.24, 2.45) is 0 Å². The van der Waals surface area contributed by atoms with Gasteiger partial charge in [0.15, 0.2) is 11.2 Å². The van der Waals surface area contributed by atoms with Crippen molar-refractivity contribution in [2.45, 2.75) is 0 Å². The number of pyridine rings is 1. The van der Waals surface area contributed by atoms with E-state index in [1.165, 1.54) is 0 Å². The molecule has 0 N–H and O–H groups in total. The average Bonchev–Trinajstić information content (AvgIpc) is 3.23. The molecular weight excluding hydrogens is 402 g/mol. The lowest BCUT2D eigenvalue weighted by molar-refractivity contribution is 0.643. The Kier molecular flexibility index (Phi) is 2.99. The van der Waals surface area contributed by atoms with Gasteiger partial charge in [0.25, 0.3) is 0 Å². The normalized spacial score (nSPS) is 11.9. The summed E-state index contributed by atoms with van der Waals surface area (Å²) in [5.74, 6) is 0.565. The van der Waals surface area contributed by atoms with E-state index in [4.69, 9.17) is 14.4 Å². The highest BCUT2D eigenvalue weighted by Gasteiger charge is 2.18. The summed E-state index contributed by atoms with van der Waals surface area (Å²) in [7, 11) is 0. The van der Waals surface area contributed by atoms with E-state index in [0.29, 0.717) is 5.84 Å². The summed E-state index contributed by atoms with van der Waals surface area (Å²) in [5, 5.41) is 2.15. The Morgan fingerprint density at radius 1 is 0.815 bits per heavy atom. The Morgan fingerprint density at radius 2 is 1.63 bits per heavy atom. The molecule has 3 aromatic carbocycles. The summed E-state index contributed by atoms with van der Waals surface area (Å²) < 4.78 is 8.98. The van der Waals surface area contributed by atoms with Crippen LogP contribution in [0.4, 0.5) is 0 Å². The van der Waals surface area contributed by atoms with Crippen LogP contribution in [0, 0.1) is 0 Å². The first kappa shape index (κ1) is 14.9. The predicted octanol–water partition coefficient (Wildman–Crippen LogP) is 6.21. The molecule has 27 heavy (non-hydrogen) atoms. The van der Waals surface area contributed by atoms with Gasteiger partial charge in [-0.2, -0.15) is 4.98 Å². The van der Waals surface area contributed by atoms with E-state index >= 15 is 0 Å². The van der Waals surface area contributed by atoms with Crippen molar-refractivity contribution < 1.29 is 4.42 Å². The van der Waals surface area contributed by atoms with Crippen LogP contribution in [0.3, 0.4) is 0 Å². The smallest absolute Gasteiger partial charge is 0.309 e. The minimum absolute atomic E-state index is 0.565. The lowest BCUT2D eigenvalue weighted by atomic mass is 10.0. The molecule has 0 unspecified atom stereocenters. The second-order valence-corrected chi connectivity index (χ2v) is 7.40. The van der Waals surface area contributed by atoms with Gasteiger partial charge in [0.2, 0.25) is 0 Å². The molecule has 5 heteroatoms. The highest BCUT2D eigenvalue weighted by Crippen LogP contribution is 2.35. The van der Waals surface area contributed by atoms with E-state index in [2.05, 4.69) is 40.2 Å². The van der Waals surface area contributed by atoms with Crippen molar-refractivity contribution in [3.8, 4) is 11.3 Å². The first-order valence-electron chi connectivity index (χ1n) is 8.64. The van der Waals surface area contributed by atoms with Crippen molar-refractivity contribution in [2.75, 3.05) is 0 Å². The van der Waals surface area contributed by atoms with Crippen LogP contribution in [0.5, 0.6) is 0 Å². The molecule has 0 fully saturated rings. The van der Waals surface area contributed by atoms with Gasteiger partial charge < -0.3 is 4.42 Å². The summed E-state index contributed by atoms with van der Waals surface area (Å²) in [6.45, 7) is 0. The molecular formula is C22H12BrN3O. The number of hydrogen-bond donors (Lipinski definition) is 0. The number of imidazole rings is 1. The third-order valence-electron chi connectivity index (χ3n) is 4.88. The van der Waals surface area contributed by atoms with Crippen LogP contribution in [0.2, 0.25) is 0 Å². The molecule has 0 aliphatic heterocycles. The zero-order chi connectivity index (χ0) is 18.0. The largest absolute Gasteiger partial charge is 0.423 e. The van der Waals surface area contributed by atoms with E-state index in [1.807, 2.05) is 52.9 Å². The SMILES string of the molecule is Brc1cccc(-c2nc3c(nc4oc5ccccc5n43)c3ccccc23)c1. The summed E-state index contributed by atoms with van der Waals surface area (Å²) in [4.78, 5) is 9.80. The molecule has 0 saturated carbocycles. The molecule has 6 rings (SSSR count). The Morgan fingerprint density at radius 3 is 2.52 bits per heavy atom. The monoisotopic (exact) mass is 413 g/mol. The van der Waals surface area contributed by atoms with Crippen LogP contribution in [-0.2, 0) is 0 Å². The molecule has 0 bridgehead atoms. The molecule has 0 aliphatic rings. The Hall–Kier alpha value is -3.18. The molecule has 3 aromatic heterocycles. The lowest BCUT2D eigenvalue weighted by Gasteiger charge is -2.08. The van der Waals surface area contributed by atoms with Gasteiger partial charge in [-0.15, -0.1) is 0 Å². The molecule has 0 saturated heterocycles. The maximum atomic E-state index is 5.96. The van der Waals surface area contributed by atoms with Crippen molar-refractivity contribution >= 4 is 54.8 Å². The highest BCUT2D eigenvalue weighted by atomic mass is 79.9. The summed E-state index contributed by atoms with van der Waals surface area (Å²) >= 11 is 3.57. The van der Waals surface area contributed by atoms with E-state index in [1.54, 1.807) is 0 Å². The molecule has 0 radical (unpaired) electrons. The summed E-state index contributed by atoms with van der Waals surface area (Å²) in [6.07, 6.45) is 0. The fraction of sp³-hybridized carbons (Fsp3) is 0. The van der Waals surface area contributed by atoms with Gasteiger partial charge in [0.1, 0.15) is 5.52 Å². The Balaban J connectivity index is 1.84. The second kappa shape index (κ2) is 5.41. The van der Waals surface area contributed by atoms with Crippen LogP contribution in [-0.4, -0.2) is 14.4 Å². The van der Waals surface area contributed by atoms with Gasteiger partial charge in [0, 0.05) is 20.8 Å². The number of oxazole rings is 1. The lowest BCUT2D eigenvalue weighted by Crippen LogP contribution is -1.91. The quantitative estimate of drug-likeness (QED) is 0.321. The van der Waals surface area contributed by atoms with Crippen LogP contribution >= 0.6 is 15.9 Å². The maximum absolute atomic E-state index is 5.96. The highest BCUT2D eigenvalue weighted by molar-refractivity contribution is 9.10. The number of nitrogens with zero attached hydrogens (tertiary/aromatic N) is 3. The topological polar surface area (TPSA) is 43.3 Å². The number of benzene rings is 3. The minimum Gasteiger partial charge on any atom is -0.423 e. The van der Waals surface area contributed by atoms with Crippen molar-refractivity contribution in [1.82, 2.24) is 14.4 Å². The third kappa shape index (κ3) is 2.09. The van der Waals surface area contributed by atoms with Gasteiger partial charge in [0.05, 0.1) is 11.2 Å². The predicted molar refractivity (Wildman–Crippen MR) is 111 cm³/mol. The Bertz CT molecular complexity index is 1500. The van der Waals surface area contributed by atoms with Gasteiger partial charge in [-0.1, -0.05) is 64.5 Å². The number of fused-ring (bicyclic) bond motifs is 7. The molecule has 3 heterocycles. The summed E-state index contributed by atoms with van der Waals surface area (Å²) in [6, 6.07) is 24.4. The Labute approximate surface area is 162 Å². The fourth-order valence-electron chi connectivity index (χ4n) is 3.71. The van der Waals surface area contributed by atoms with Gasteiger partial charge in [-0.05, 0) is 24.3 Å². The molecule has 0 amide bonds. The molecule has 128 valence electrons. The molecule has 0 spiro atoms. The van der Waals surface area contributed by atoms with E-state index in [-0.39, 0.29) is 0 Å². The third-order valence-corrected chi connectivity index (χ3v) is 5.38. The van der Waals surface area contributed by atoms with E-state index < -0.39 is 0 Å². The van der Waals surface area contributed by atoms with Gasteiger partial charge >= 0.3 is 5.84 Å². The van der Waals surface area contributed by atoms with Gasteiger partial charge in [-0.25, -0.2) is 9.38 Å². The maximum Gasteiger partial charge on any atom is 0.309 e. The number of halogens is 1. The van der Waals surface area contributed by atoms with Crippen LogP contribution in [0.15, 0.2) is 81.7 Å². The number of rotatable bonds is 1.